The zero-order valence-corrected chi connectivity index (χ0v) is 29.3. The van der Waals surface area contributed by atoms with E-state index in [0.29, 0.717) is 0 Å². The van der Waals surface area contributed by atoms with Crippen molar-refractivity contribution in [1.29, 1.82) is 0 Å². The number of hydrogen-bond donors (Lipinski definition) is 1. The normalized spacial score (nSPS) is 39.5. The Kier molecular flexibility index (Phi) is 8.67. The molecule has 6 saturated carbocycles. The number of carbonyl (C=O) groups is 3. The van der Waals surface area contributed by atoms with Gasteiger partial charge in [-0.05, 0) is 64.2 Å². The molecular weight excluding hydrogens is 806 g/mol. The Balaban J connectivity index is 1.19. The van der Waals surface area contributed by atoms with Gasteiger partial charge in [-0.1, -0.05) is 0 Å². The van der Waals surface area contributed by atoms with Crippen molar-refractivity contribution in [1.82, 2.24) is 4.90 Å². The molecule has 312 valence electrons. The highest BCUT2D eigenvalue weighted by atomic mass is 32.2. The highest BCUT2D eigenvalue weighted by molar-refractivity contribution is 7.85. The number of rotatable bonds is 7. The van der Waals surface area contributed by atoms with Crippen molar-refractivity contribution >= 4 is 28.0 Å². The van der Waals surface area contributed by atoms with Crippen LogP contribution in [0.2, 0.25) is 0 Å². The third kappa shape index (κ3) is 5.55. The van der Waals surface area contributed by atoms with E-state index in [1.54, 1.807) is 0 Å². The van der Waals surface area contributed by atoms with E-state index >= 15 is 0 Å². The van der Waals surface area contributed by atoms with Crippen LogP contribution in [0.1, 0.15) is 52.4 Å². The fourth-order valence-electron chi connectivity index (χ4n) is 11.2. The SMILES string of the molecule is CC(C)N1C(=O)C2C3CC(C(OC(=O)C45CC6CC(C4)C4(OCC(C(F)(F)F)(C(F)(F)F)O4)C(C6)C5)C31)C2C(=O)OC(CS(=O)(=O)O)(C(F)(F)F)C(F)(F)F. The van der Waals surface area contributed by atoms with Crippen LogP contribution in [0.15, 0.2) is 0 Å². The number of likely N-dealkylation sites (tertiary alicyclic amines) is 1. The number of halogens is 12. The monoisotopic (exact) mass is 839 g/mol. The molecule has 6 aliphatic carbocycles. The smallest absolute Gasteiger partial charge is 0.438 e. The molecule has 0 aromatic heterocycles. The molecule has 2 saturated heterocycles. The predicted octanol–water partition coefficient (Wildman–Crippen LogP) is 5.13. The number of amides is 1. The lowest BCUT2D eigenvalue weighted by atomic mass is 9.47. The van der Waals surface area contributed by atoms with E-state index < -0.39 is 147 Å². The lowest BCUT2D eigenvalue weighted by Crippen LogP contribution is -2.66. The van der Waals surface area contributed by atoms with Gasteiger partial charge in [-0.3, -0.25) is 18.9 Å². The van der Waals surface area contributed by atoms with Gasteiger partial charge in [0.25, 0.3) is 15.7 Å². The first-order valence-electron chi connectivity index (χ1n) is 17.2. The minimum absolute atomic E-state index is 0.0308. The van der Waals surface area contributed by atoms with E-state index in [9.17, 15) is 75.5 Å². The number of alkyl halides is 12. The third-order valence-corrected chi connectivity index (χ3v) is 13.8. The summed E-state index contributed by atoms with van der Waals surface area (Å²) in [6.45, 7) is 1.11. The summed E-state index contributed by atoms with van der Waals surface area (Å²) >= 11 is 0. The highest BCUT2D eigenvalue weighted by Gasteiger charge is 2.82. The summed E-state index contributed by atoms with van der Waals surface area (Å²) in [5.41, 5.74) is -12.0. The minimum Gasteiger partial charge on any atom is -0.459 e. The van der Waals surface area contributed by atoms with Crippen molar-refractivity contribution in [2.75, 3.05) is 12.4 Å². The Bertz CT molecular complexity index is 1720. The molecule has 8 rings (SSSR count). The Morgan fingerprint density at radius 2 is 1.44 bits per heavy atom. The second-order valence-electron chi connectivity index (χ2n) is 16.3. The molecule has 24 heteroatoms. The number of ether oxygens (including phenoxy) is 4. The zero-order valence-electron chi connectivity index (χ0n) is 28.4. The third-order valence-electron chi connectivity index (χ3n) is 13.1. The number of carbonyl (C=O) groups excluding carboxylic acids is 3. The van der Waals surface area contributed by atoms with Crippen molar-refractivity contribution in [2.24, 2.45) is 46.8 Å². The van der Waals surface area contributed by atoms with Gasteiger partial charge in [0.2, 0.25) is 5.91 Å². The van der Waals surface area contributed by atoms with Crippen LogP contribution in [0.5, 0.6) is 0 Å². The molecule has 6 bridgehead atoms. The summed E-state index contributed by atoms with van der Waals surface area (Å²) in [5.74, 6) is -18.6. The number of esters is 2. The van der Waals surface area contributed by atoms with Gasteiger partial charge in [0.1, 0.15) is 11.9 Å². The molecule has 0 aromatic rings. The van der Waals surface area contributed by atoms with Crippen molar-refractivity contribution in [3.63, 3.8) is 0 Å². The molecule has 8 aliphatic rings. The maximum Gasteiger partial charge on any atom is 0.438 e. The Hall–Kier alpha value is -2.60. The molecule has 0 aromatic carbocycles. The van der Waals surface area contributed by atoms with Gasteiger partial charge in [0, 0.05) is 23.8 Å². The second kappa shape index (κ2) is 11.8. The van der Waals surface area contributed by atoms with E-state index in [-0.39, 0.29) is 38.5 Å². The molecule has 0 radical (unpaired) electrons. The van der Waals surface area contributed by atoms with Crippen LogP contribution in [0, 0.1) is 46.8 Å². The number of hydrogen-bond acceptors (Lipinski definition) is 9. The summed E-state index contributed by atoms with van der Waals surface area (Å²) in [5, 5.41) is 0. The van der Waals surface area contributed by atoms with Crippen molar-refractivity contribution in [2.45, 2.75) is 112 Å². The van der Waals surface area contributed by atoms with E-state index in [0.717, 1.165) is 0 Å². The topological polar surface area (TPSA) is 146 Å². The van der Waals surface area contributed by atoms with Crippen LogP contribution in [0.3, 0.4) is 0 Å². The molecule has 8 fully saturated rings. The van der Waals surface area contributed by atoms with Crippen molar-refractivity contribution in [3.05, 3.63) is 0 Å². The van der Waals surface area contributed by atoms with Crippen molar-refractivity contribution < 1.29 is 99.0 Å². The maximum atomic E-state index is 14.3. The van der Waals surface area contributed by atoms with E-state index in [2.05, 4.69) is 4.74 Å². The lowest BCUT2D eigenvalue weighted by Gasteiger charge is -2.62. The van der Waals surface area contributed by atoms with Gasteiger partial charge >= 0.3 is 42.2 Å². The van der Waals surface area contributed by atoms with Crippen LogP contribution in [0.4, 0.5) is 52.7 Å². The Morgan fingerprint density at radius 1 is 0.891 bits per heavy atom. The van der Waals surface area contributed by atoms with Crippen LogP contribution in [-0.4, -0.2) is 108 Å². The Morgan fingerprint density at radius 3 is 1.89 bits per heavy atom. The summed E-state index contributed by atoms with van der Waals surface area (Å²) in [4.78, 5) is 42.6. The lowest BCUT2D eigenvalue weighted by molar-refractivity contribution is -0.403. The summed E-state index contributed by atoms with van der Waals surface area (Å²) in [7, 11) is -6.14. The van der Waals surface area contributed by atoms with Crippen LogP contribution in [-0.2, 0) is 43.4 Å². The average Bonchev–Trinajstić information content (AvgIpc) is 3.73. The highest BCUT2D eigenvalue weighted by Crippen LogP contribution is 2.70. The first kappa shape index (κ1) is 40.6. The van der Waals surface area contributed by atoms with Gasteiger partial charge < -0.3 is 23.8 Å². The predicted molar refractivity (Wildman–Crippen MR) is 152 cm³/mol. The van der Waals surface area contributed by atoms with E-state index in [1.165, 1.54) is 18.7 Å². The van der Waals surface area contributed by atoms with Crippen LogP contribution >= 0.6 is 0 Å². The number of nitrogens with zero attached hydrogens (tertiary/aromatic N) is 1. The fourth-order valence-corrected chi connectivity index (χ4v) is 12.1. The molecule has 1 amide bonds. The Labute approximate surface area is 303 Å². The zero-order chi connectivity index (χ0) is 41.1. The largest absolute Gasteiger partial charge is 0.459 e. The molecule has 1 N–H and O–H groups in total. The molecule has 1 spiro atoms. The quantitative estimate of drug-likeness (QED) is 0.208. The molecule has 8 atom stereocenters. The first-order chi connectivity index (χ1) is 24.9. The van der Waals surface area contributed by atoms with Gasteiger partial charge in [0.15, 0.2) is 5.79 Å². The second-order valence-corrected chi connectivity index (χ2v) is 17.8. The molecule has 55 heavy (non-hydrogen) atoms. The maximum absolute atomic E-state index is 14.3. The fraction of sp³-hybridized carbons (Fsp3) is 0.903. The van der Waals surface area contributed by atoms with Gasteiger partial charge in [-0.25, -0.2) is 0 Å². The van der Waals surface area contributed by atoms with Gasteiger partial charge in [0.05, 0.1) is 29.9 Å². The number of fused-ring (bicyclic) bond motifs is 1. The van der Waals surface area contributed by atoms with Gasteiger partial charge in [-0.15, -0.1) is 0 Å². The molecule has 2 aliphatic heterocycles. The van der Waals surface area contributed by atoms with Crippen molar-refractivity contribution in [3.8, 4) is 0 Å². The summed E-state index contributed by atoms with van der Waals surface area (Å²) in [6.07, 6.45) is -27.6. The first-order valence-corrected chi connectivity index (χ1v) is 18.8. The van der Waals surface area contributed by atoms with Crippen LogP contribution < -0.4 is 0 Å². The average molecular weight is 840 g/mol. The standard InChI is InChI=1S/C31H33F12NO10S/c1-11(2)44-19-15-5-16(18(17(15)21(44)45)22(46)53-26(30(38,39)40,31(41,42)43)10-55(48,49)50)20(19)52-23(47)24-6-12-3-13(7-24)27(14(4-12)8-24)51-9-25(54-27,28(32,33)34)29(35,36)37/h11-20H,3-10H2,1-2H3,(H,48,49,50). The van der Waals surface area contributed by atoms with E-state index in [4.69, 9.17) is 18.8 Å². The van der Waals surface area contributed by atoms with E-state index in [1.807, 2.05) is 0 Å². The molecule has 2 heterocycles. The minimum atomic E-state index is -6.66. The molecule has 8 unspecified atom stereocenters. The van der Waals surface area contributed by atoms with Gasteiger partial charge in [-0.2, -0.15) is 61.1 Å². The molecule has 11 nitrogen and oxygen atoms in total. The van der Waals surface area contributed by atoms with Crippen LogP contribution in [0.25, 0.3) is 0 Å². The molecular formula is C31H33F12NO10S. The summed E-state index contributed by atoms with van der Waals surface area (Å²) in [6, 6.07) is -1.76. The summed E-state index contributed by atoms with van der Waals surface area (Å²) < 4.78 is 221.